The number of hydrogen-bond donors (Lipinski definition) is 1. The second-order valence-corrected chi connectivity index (χ2v) is 3.56. The molecule has 0 fully saturated rings. The van der Waals surface area contributed by atoms with Gasteiger partial charge in [-0.25, -0.2) is 9.78 Å². The molecular weight excluding hydrogens is 188 g/mol. The molecule has 1 rings (SSSR count). The van der Waals surface area contributed by atoms with Crippen LogP contribution in [0.4, 0.5) is 5.13 Å². The van der Waals surface area contributed by atoms with E-state index in [0.29, 0.717) is 6.42 Å². The van der Waals surface area contributed by atoms with Crippen molar-refractivity contribution in [3.63, 3.8) is 0 Å². The number of aromatic nitrogens is 1. The Balaban J connectivity index is 2.76. The van der Waals surface area contributed by atoms with E-state index in [4.69, 9.17) is 5.11 Å². The van der Waals surface area contributed by atoms with Crippen LogP contribution in [0.3, 0.4) is 0 Å². The summed E-state index contributed by atoms with van der Waals surface area (Å²) >= 11 is 1.44. The number of carboxylic acid groups (broad SMARTS) is 1. The SMILES string of the molecule is CCC(C(=O)O)N(C)c1nccs1. The molecule has 1 N–H and O–H groups in total. The van der Waals surface area contributed by atoms with Gasteiger partial charge in [-0.3, -0.25) is 0 Å². The first-order valence-electron chi connectivity index (χ1n) is 4.02. The molecule has 72 valence electrons. The maximum atomic E-state index is 10.8. The van der Waals surface area contributed by atoms with E-state index < -0.39 is 12.0 Å². The second-order valence-electron chi connectivity index (χ2n) is 2.69. The number of thiazole rings is 1. The summed E-state index contributed by atoms with van der Waals surface area (Å²) in [5, 5.41) is 11.5. The number of anilines is 1. The van der Waals surface area contributed by atoms with E-state index in [0.717, 1.165) is 5.13 Å². The number of rotatable bonds is 4. The average Bonchev–Trinajstić information content (AvgIpc) is 2.56. The Morgan fingerprint density at radius 1 is 1.85 bits per heavy atom. The summed E-state index contributed by atoms with van der Waals surface area (Å²) in [4.78, 5) is 16.5. The highest BCUT2D eigenvalue weighted by Gasteiger charge is 2.21. The molecule has 0 aliphatic heterocycles. The molecule has 0 spiro atoms. The topological polar surface area (TPSA) is 53.4 Å². The molecule has 0 bridgehead atoms. The van der Waals surface area contributed by atoms with Crippen LogP contribution >= 0.6 is 11.3 Å². The van der Waals surface area contributed by atoms with Gasteiger partial charge in [0, 0.05) is 18.6 Å². The second kappa shape index (κ2) is 4.23. The Bertz CT molecular complexity index is 274. The standard InChI is InChI=1S/C8H12N2O2S/c1-3-6(7(11)12)10(2)8-9-4-5-13-8/h4-6H,3H2,1-2H3,(H,11,12). The molecule has 0 amide bonds. The molecule has 0 aliphatic rings. The number of likely N-dealkylation sites (N-methyl/N-ethyl adjacent to an activating group) is 1. The molecule has 1 heterocycles. The van der Waals surface area contributed by atoms with Crippen LogP contribution in [0.25, 0.3) is 0 Å². The van der Waals surface area contributed by atoms with Gasteiger partial charge in [-0.1, -0.05) is 6.92 Å². The van der Waals surface area contributed by atoms with Gasteiger partial charge in [0.25, 0.3) is 0 Å². The van der Waals surface area contributed by atoms with Crippen LogP contribution in [0.1, 0.15) is 13.3 Å². The normalized spacial score (nSPS) is 12.5. The van der Waals surface area contributed by atoms with Crippen LogP contribution in [-0.4, -0.2) is 29.1 Å². The zero-order chi connectivity index (χ0) is 9.84. The van der Waals surface area contributed by atoms with Crippen LogP contribution in [0.15, 0.2) is 11.6 Å². The molecule has 1 atom stereocenters. The van der Waals surface area contributed by atoms with Crippen LogP contribution in [0.5, 0.6) is 0 Å². The van der Waals surface area contributed by atoms with Gasteiger partial charge >= 0.3 is 5.97 Å². The van der Waals surface area contributed by atoms with Crippen molar-refractivity contribution in [1.29, 1.82) is 0 Å². The lowest BCUT2D eigenvalue weighted by Crippen LogP contribution is -2.37. The molecule has 0 aliphatic carbocycles. The summed E-state index contributed by atoms with van der Waals surface area (Å²) in [5.74, 6) is -0.805. The Kier molecular flexibility index (Phi) is 3.25. The van der Waals surface area contributed by atoms with Crippen LogP contribution < -0.4 is 4.90 Å². The third-order valence-electron chi connectivity index (χ3n) is 1.86. The van der Waals surface area contributed by atoms with E-state index in [9.17, 15) is 4.79 Å². The van der Waals surface area contributed by atoms with Crippen molar-refractivity contribution in [2.75, 3.05) is 11.9 Å². The Morgan fingerprint density at radius 2 is 2.54 bits per heavy atom. The maximum Gasteiger partial charge on any atom is 0.326 e. The van der Waals surface area contributed by atoms with Gasteiger partial charge in [0.1, 0.15) is 6.04 Å². The summed E-state index contributed by atoms with van der Waals surface area (Å²) < 4.78 is 0. The third kappa shape index (κ3) is 2.18. The molecule has 0 radical (unpaired) electrons. The van der Waals surface area contributed by atoms with Crippen LogP contribution in [0.2, 0.25) is 0 Å². The van der Waals surface area contributed by atoms with Gasteiger partial charge in [0.2, 0.25) is 0 Å². The van der Waals surface area contributed by atoms with E-state index in [1.165, 1.54) is 11.3 Å². The van der Waals surface area contributed by atoms with Gasteiger partial charge in [-0.2, -0.15) is 0 Å². The van der Waals surface area contributed by atoms with E-state index in [2.05, 4.69) is 4.98 Å². The van der Waals surface area contributed by atoms with Crippen molar-refractivity contribution < 1.29 is 9.90 Å². The van der Waals surface area contributed by atoms with E-state index in [1.807, 2.05) is 12.3 Å². The molecule has 5 heteroatoms. The van der Waals surface area contributed by atoms with Crippen molar-refractivity contribution >= 4 is 22.4 Å². The highest BCUT2D eigenvalue weighted by Crippen LogP contribution is 2.19. The van der Waals surface area contributed by atoms with Gasteiger partial charge in [0.15, 0.2) is 5.13 Å². The summed E-state index contributed by atoms with van der Waals surface area (Å²) in [6.07, 6.45) is 2.25. The minimum absolute atomic E-state index is 0.480. The van der Waals surface area contributed by atoms with Crippen molar-refractivity contribution in [3.8, 4) is 0 Å². The number of aliphatic carboxylic acids is 1. The van der Waals surface area contributed by atoms with E-state index in [1.54, 1.807) is 18.1 Å². The fourth-order valence-electron chi connectivity index (χ4n) is 1.14. The molecule has 0 aromatic carbocycles. The highest BCUT2D eigenvalue weighted by atomic mass is 32.1. The number of carboxylic acids is 1. The molecular formula is C8H12N2O2S. The fraction of sp³-hybridized carbons (Fsp3) is 0.500. The monoisotopic (exact) mass is 200 g/mol. The van der Waals surface area contributed by atoms with Crippen molar-refractivity contribution in [3.05, 3.63) is 11.6 Å². The summed E-state index contributed by atoms with van der Waals surface area (Å²) in [5.41, 5.74) is 0. The van der Waals surface area contributed by atoms with E-state index >= 15 is 0 Å². The Morgan fingerprint density at radius 3 is 2.92 bits per heavy atom. The quantitative estimate of drug-likeness (QED) is 0.799. The molecule has 1 aromatic rings. The van der Waals surface area contributed by atoms with E-state index in [-0.39, 0.29) is 0 Å². The van der Waals surface area contributed by atoms with Gasteiger partial charge in [-0.05, 0) is 6.42 Å². The van der Waals surface area contributed by atoms with Crippen LogP contribution in [0, 0.1) is 0 Å². The molecule has 4 nitrogen and oxygen atoms in total. The smallest absolute Gasteiger partial charge is 0.326 e. The maximum absolute atomic E-state index is 10.8. The molecule has 1 unspecified atom stereocenters. The molecule has 1 aromatic heterocycles. The van der Waals surface area contributed by atoms with Gasteiger partial charge < -0.3 is 10.0 Å². The highest BCUT2D eigenvalue weighted by molar-refractivity contribution is 7.13. The lowest BCUT2D eigenvalue weighted by molar-refractivity contribution is -0.138. The predicted molar refractivity (Wildman–Crippen MR) is 52.2 cm³/mol. The first-order chi connectivity index (χ1) is 6.16. The van der Waals surface area contributed by atoms with Crippen molar-refractivity contribution in [2.24, 2.45) is 0 Å². The summed E-state index contributed by atoms with van der Waals surface area (Å²) in [7, 11) is 1.75. The third-order valence-corrected chi connectivity index (χ3v) is 2.72. The average molecular weight is 200 g/mol. The lowest BCUT2D eigenvalue weighted by Gasteiger charge is -2.22. The fourth-order valence-corrected chi connectivity index (χ4v) is 1.80. The molecule has 0 saturated heterocycles. The van der Waals surface area contributed by atoms with Crippen molar-refractivity contribution in [2.45, 2.75) is 19.4 Å². The summed E-state index contributed by atoms with van der Waals surface area (Å²) in [6.45, 7) is 1.85. The zero-order valence-electron chi connectivity index (χ0n) is 7.60. The Labute approximate surface area is 80.8 Å². The largest absolute Gasteiger partial charge is 0.480 e. The molecule has 0 saturated carbocycles. The number of hydrogen-bond acceptors (Lipinski definition) is 4. The Hall–Kier alpha value is -1.10. The first kappa shape index (κ1) is 9.98. The summed E-state index contributed by atoms with van der Waals surface area (Å²) in [6, 6.07) is -0.480. The van der Waals surface area contributed by atoms with Crippen molar-refractivity contribution in [1.82, 2.24) is 4.98 Å². The minimum Gasteiger partial charge on any atom is -0.480 e. The first-order valence-corrected chi connectivity index (χ1v) is 4.90. The van der Waals surface area contributed by atoms with Gasteiger partial charge in [0.05, 0.1) is 0 Å². The number of carbonyl (C=O) groups is 1. The predicted octanol–water partition coefficient (Wildman–Crippen LogP) is 1.44. The molecule has 13 heavy (non-hydrogen) atoms. The van der Waals surface area contributed by atoms with Crippen LogP contribution in [-0.2, 0) is 4.79 Å². The lowest BCUT2D eigenvalue weighted by atomic mass is 10.2. The number of nitrogens with zero attached hydrogens (tertiary/aromatic N) is 2. The zero-order valence-corrected chi connectivity index (χ0v) is 8.41. The van der Waals surface area contributed by atoms with Gasteiger partial charge in [-0.15, -0.1) is 11.3 Å². The minimum atomic E-state index is -0.805.